The Morgan fingerprint density at radius 2 is 0.889 bits per heavy atom. The van der Waals surface area contributed by atoms with Crippen molar-refractivity contribution < 1.29 is 20.4 Å². The van der Waals surface area contributed by atoms with Gasteiger partial charge in [0.2, 0.25) is 0 Å². The van der Waals surface area contributed by atoms with Gasteiger partial charge in [-0.3, -0.25) is 0 Å². The molecule has 0 aliphatic carbocycles. The molecule has 0 aliphatic heterocycles. The minimum absolute atomic E-state index is 0. The zero-order valence-corrected chi connectivity index (χ0v) is 24.0. The molecular formula is C33H46N2Pd. The topological polar surface area (TPSA) is 24.7 Å². The zero-order valence-electron chi connectivity index (χ0n) is 22.5. The maximum absolute atomic E-state index is 5.00. The minimum Gasteiger partial charge on any atom is -0.247 e. The van der Waals surface area contributed by atoms with Crippen molar-refractivity contribution in [3.63, 3.8) is 0 Å². The van der Waals surface area contributed by atoms with Crippen LogP contribution in [-0.2, 0) is 20.4 Å². The van der Waals surface area contributed by atoms with Gasteiger partial charge in [0.05, 0.1) is 22.8 Å². The van der Waals surface area contributed by atoms with Crippen LogP contribution in [0.25, 0.3) is 0 Å². The molecule has 0 spiro atoms. The van der Waals surface area contributed by atoms with Crippen LogP contribution in [0.4, 0.5) is 11.4 Å². The fraction of sp³-hybridized carbons (Fsp3) is 0.455. The molecular weight excluding hydrogens is 531 g/mol. The molecule has 0 saturated heterocycles. The number of benzene rings is 2. The van der Waals surface area contributed by atoms with Gasteiger partial charge in [-0.1, -0.05) is 120 Å². The van der Waals surface area contributed by atoms with E-state index < -0.39 is 0 Å². The SMILES string of the molecule is CCCCCCC/C=C/C(=Nc1ccccc1)C(C=CCCCCCCCC)=Nc1ccccc1.[Pd]. The van der Waals surface area contributed by atoms with Gasteiger partial charge >= 0.3 is 0 Å². The summed E-state index contributed by atoms with van der Waals surface area (Å²) in [5, 5.41) is 0. The summed E-state index contributed by atoms with van der Waals surface area (Å²) in [5.74, 6) is 0. The molecule has 0 bridgehead atoms. The normalized spacial score (nSPS) is 12.4. The molecule has 2 rings (SSSR count). The fourth-order valence-corrected chi connectivity index (χ4v) is 3.94. The average molecular weight is 577 g/mol. The van der Waals surface area contributed by atoms with E-state index >= 15 is 0 Å². The van der Waals surface area contributed by atoms with Crippen LogP contribution in [0.15, 0.2) is 95.0 Å². The van der Waals surface area contributed by atoms with Crippen LogP contribution in [-0.4, -0.2) is 11.4 Å². The van der Waals surface area contributed by atoms with Gasteiger partial charge in [-0.25, -0.2) is 9.98 Å². The van der Waals surface area contributed by atoms with Crippen molar-refractivity contribution in [1.29, 1.82) is 0 Å². The molecule has 0 aliphatic rings. The second-order valence-electron chi connectivity index (χ2n) is 9.23. The van der Waals surface area contributed by atoms with Crippen molar-refractivity contribution in [3.8, 4) is 0 Å². The minimum atomic E-state index is 0. The molecule has 0 unspecified atom stereocenters. The van der Waals surface area contributed by atoms with E-state index in [1.165, 1.54) is 70.6 Å². The second kappa shape index (κ2) is 22.1. The van der Waals surface area contributed by atoms with Gasteiger partial charge < -0.3 is 0 Å². The molecule has 0 saturated carbocycles. The Balaban J connectivity index is 0.00000648. The first-order chi connectivity index (χ1) is 17.3. The van der Waals surface area contributed by atoms with Crippen LogP contribution in [0, 0.1) is 0 Å². The Hall–Kier alpha value is -2.08. The monoisotopic (exact) mass is 576 g/mol. The van der Waals surface area contributed by atoms with Crippen molar-refractivity contribution in [2.75, 3.05) is 0 Å². The Morgan fingerprint density at radius 1 is 0.528 bits per heavy atom. The molecule has 36 heavy (non-hydrogen) atoms. The van der Waals surface area contributed by atoms with Crippen LogP contribution in [0.5, 0.6) is 0 Å². The Labute approximate surface area is 234 Å². The van der Waals surface area contributed by atoms with Gasteiger partial charge in [-0.15, -0.1) is 0 Å². The largest absolute Gasteiger partial charge is 0.247 e. The standard InChI is InChI=1S/C33H46N2.Pd/c1-3-5-7-9-11-13-15-23-29-33(35-31-26-20-17-21-27-31)32(34-30-24-18-16-19-25-30)28-22-14-12-10-8-6-4-2;/h16-29H,3-15H2,1-2H3;/b28-22+,29-23?,34-32?,35-33?;. The van der Waals surface area contributed by atoms with Crippen LogP contribution in [0.2, 0.25) is 0 Å². The Kier molecular flexibility index (Phi) is 19.7. The third kappa shape index (κ3) is 15.1. The van der Waals surface area contributed by atoms with E-state index in [0.29, 0.717) is 0 Å². The summed E-state index contributed by atoms with van der Waals surface area (Å²) < 4.78 is 0. The van der Waals surface area contributed by atoms with Crippen molar-refractivity contribution in [2.24, 2.45) is 9.98 Å². The molecule has 0 radical (unpaired) electrons. The number of allylic oxidation sites excluding steroid dienone is 4. The van der Waals surface area contributed by atoms with Crippen LogP contribution in [0.1, 0.15) is 97.3 Å². The number of nitrogens with zero attached hydrogens (tertiary/aromatic N) is 2. The number of unbranched alkanes of at least 4 members (excludes halogenated alkanes) is 11. The van der Waals surface area contributed by atoms with Gasteiger partial charge in [0, 0.05) is 20.4 Å². The molecule has 0 heterocycles. The van der Waals surface area contributed by atoms with Gasteiger partial charge in [0.25, 0.3) is 0 Å². The van der Waals surface area contributed by atoms with E-state index in [0.717, 1.165) is 35.6 Å². The Bertz CT molecular complexity index is 898. The van der Waals surface area contributed by atoms with E-state index in [4.69, 9.17) is 9.98 Å². The number of aliphatic imine (C=N–C) groups is 2. The molecule has 0 atom stereocenters. The summed E-state index contributed by atoms with van der Waals surface area (Å²) in [5.41, 5.74) is 3.77. The fourth-order valence-electron chi connectivity index (χ4n) is 3.94. The summed E-state index contributed by atoms with van der Waals surface area (Å²) in [6, 6.07) is 20.4. The molecule has 0 aromatic heterocycles. The van der Waals surface area contributed by atoms with Crippen LogP contribution >= 0.6 is 0 Å². The predicted octanol–water partition coefficient (Wildman–Crippen LogP) is 10.8. The summed E-state index contributed by atoms with van der Waals surface area (Å²) in [4.78, 5) is 10.00. The smallest absolute Gasteiger partial charge is 0.0890 e. The van der Waals surface area contributed by atoms with Crippen molar-refractivity contribution in [1.82, 2.24) is 0 Å². The predicted molar refractivity (Wildman–Crippen MR) is 157 cm³/mol. The molecule has 0 N–H and O–H groups in total. The van der Waals surface area contributed by atoms with Crippen molar-refractivity contribution >= 4 is 22.8 Å². The maximum atomic E-state index is 5.00. The van der Waals surface area contributed by atoms with E-state index in [-0.39, 0.29) is 20.4 Å². The molecule has 0 fully saturated rings. The molecule has 2 nitrogen and oxygen atoms in total. The first-order valence-corrected chi connectivity index (χ1v) is 13.9. The van der Waals surface area contributed by atoms with E-state index in [2.05, 4.69) is 62.4 Å². The van der Waals surface area contributed by atoms with E-state index in [9.17, 15) is 0 Å². The van der Waals surface area contributed by atoms with Crippen LogP contribution < -0.4 is 0 Å². The van der Waals surface area contributed by atoms with Gasteiger partial charge in [-0.2, -0.15) is 0 Å². The first-order valence-electron chi connectivity index (χ1n) is 13.9. The molecule has 0 amide bonds. The summed E-state index contributed by atoms with van der Waals surface area (Å²) >= 11 is 0. The van der Waals surface area contributed by atoms with Crippen molar-refractivity contribution in [2.45, 2.75) is 97.3 Å². The molecule has 198 valence electrons. The first kappa shape index (κ1) is 32.0. The van der Waals surface area contributed by atoms with Gasteiger partial charge in [0.1, 0.15) is 0 Å². The van der Waals surface area contributed by atoms with Crippen molar-refractivity contribution in [3.05, 3.63) is 85.0 Å². The third-order valence-electron chi connectivity index (χ3n) is 6.02. The average Bonchev–Trinajstić information content (AvgIpc) is 2.89. The summed E-state index contributed by atoms with van der Waals surface area (Å²) in [6.45, 7) is 4.53. The number of hydrogen-bond donors (Lipinski definition) is 0. The number of rotatable bonds is 18. The number of hydrogen-bond acceptors (Lipinski definition) is 2. The molecule has 2 aromatic carbocycles. The zero-order chi connectivity index (χ0) is 24.8. The third-order valence-corrected chi connectivity index (χ3v) is 6.02. The summed E-state index contributed by atoms with van der Waals surface area (Å²) in [7, 11) is 0. The van der Waals surface area contributed by atoms with Gasteiger partial charge in [-0.05, 0) is 62.1 Å². The second-order valence-corrected chi connectivity index (χ2v) is 9.23. The number of para-hydroxylation sites is 2. The molecule has 3 heteroatoms. The van der Waals surface area contributed by atoms with E-state index in [1.807, 2.05) is 36.4 Å². The van der Waals surface area contributed by atoms with E-state index in [1.54, 1.807) is 0 Å². The Morgan fingerprint density at radius 3 is 1.28 bits per heavy atom. The molecule has 2 aromatic rings. The maximum Gasteiger partial charge on any atom is 0.0890 e. The quantitative estimate of drug-likeness (QED) is 0.0957. The van der Waals surface area contributed by atoms with Crippen LogP contribution in [0.3, 0.4) is 0 Å². The van der Waals surface area contributed by atoms with Gasteiger partial charge in [0.15, 0.2) is 0 Å². The summed E-state index contributed by atoms with van der Waals surface area (Å²) in [6.07, 6.45) is 25.4.